The first-order valence-electron chi connectivity index (χ1n) is 7.84. The van der Waals surface area contributed by atoms with E-state index in [4.69, 9.17) is 5.73 Å². The molecule has 2 N–H and O–H groups in total. The maximum absolute atomic E-state index is 13.1. The summed E-state index contributed by atoms with van der Waals surface area (Å²) in [5.74, 6) is 1.95. The Morgan fingerprint density at radius 1 is 1.10 bits per heavy atom. The summed E-state index contributed by atoms with van der Waals surface area (Å²) in [7, 11) is 0. The minimum Gasteiger partial charge on any atom is -0.327 e. The van der Waals surface area contributed by atoms with E-state index in [1.54, 1.807) is 0 Å². The zero-order valence-electron chi connectivity index (χ0n) is 13.2. The van der Waals surface area contributed by atoms with Gasteiger partial charge in [-0.3, -0.25) is 0 Å². The second-order valence-corrected chi connectivity index (χ2v) is 7.28. The monoisotopic (exact) mass is 277 g/mol. The van der Waals surface area contributed by atoms with Gasteiger partial charge in [0.25, 0.3) is 0 Å². The highest BCUT2D eigenvalue weighted by molar-refractivity contribution is 5.26. The van der Waals surface area contributed by atoms with Gasteiger partial charge in [0, 0.05) is 11.5 Å². The van der Waals surface area contributed by atoms with Crippen molar-refractivity contribution in [2.24, 2.45) is 23.5 Å². The number of rotatable bonds is 3. The molecule has 1 aromatic rings. The van der Waals surface area contributed by atoms with Crippen molar-refractivity contribution in [3.05, 3.63) is 35.6 Å². The summed E-state index contributed by atoms with van der Waals surface area (Å²) >= 11 is 0. The molecule has 1 fully saturated rings. The zero-order valence-corrected chi connectivity index (χ0v) is 13.2. The molecular formula is C18H28FN. The molecule has 112 valence electrons. The highest BCUT2D eigenvalue weighted by Gasteiger charge is 2.37. The third-order valence-corrected chi connectivity index (χ3v) is 5.57. The lowest BCUT2D eigenvalue weighted by Crippen LogP contribution is -2.48. The van der Waals surface area contributed by atoms with Crippen molar-refractivity contribution in [2.45, 2.75) is 58.4 Å². The van der Waals surface area contributed by atoms with Gasteiger partial charge in [-0.15, -0.1) is 0 Å². The lowest BCUT2D eigenvalue weighted by molar-refractivity contribution is 0.156. The van der Waals surface area contributed by atoms with Gasteiger partial charge < -0.3 is 5.73 Å². The van der Waals surface area contributed by atoms with Crippen molar-refractivity contribution < 1.29 is 4.39 Å². The molecule has 0 bridgehead atoms. The van der Waals surface area contributed by atoms with Crippen molar-refractivity contribution in [2.75, 3.05) is 0 Å². The van der Waals surface area contributed by atoms with E-state index < -0.39 is 0 Å². The second-order valence-electron chi connectivity index (χ2n) is 7.28. The summed E-state index contributed by atoms with van der Waals surface area (Å²) in [6.07, 6.45) is 3.71. The van der Waals surface area contributed by atoms with Crippen LogP contribution in [0.25, 0.3) is 0 Å². The topological polar surface area (TPSA) is 26.0 Å². The van der Waals surface area contributed by atoms with E-state index in [0.29, 0.717) is 5.92 Å². The van der Waals surface area contributed by atoms with E-state index in [1.165, 1.54) is 31.4 Å². The number of hydrogen-bond acceptors (Lipinski definition) is 1. The minimum absolute atomic E-state index is 0.112. The minimum atomic E-state index is -0.182. The average Bonchev–Trinajstić information content (AvgIpc) is 2.41. The number of halogens is 1. The first kappa shape index (κ1) is 15.5. The second kappa shape index (κ2) is 5.85. The Morgan fingerprint density at radius 3 is 2.25 bits per heavy atom. The van der Waals surface area contributed by atoms with E-state index in [-0.39, 0.29) is 17.3 Å². The molecule has 1 aliphatic carbocycles. The Labute approximate surface area is 122 Å². The van der Waals surface area contributed by atoms with Crippen molar-refractivity contribution in [3.63, 3.8) is 0 Å². The van der Waals surface area contributed by atoms with Crippen molar-refractivity contribution in [1.29, 1.82) is 0 Å². The maximum Gasteiger partial charge on any atom is 0.123 e. The van der Waals surface area contributed by atoms with E-state index in [9.17, 15) is 4.39 Å². The normalized spacial score (nSPS) is 29.2. The van der Waals surface area contributed by atoms with Crippen molar-refractivity contribution in [3.8, 4) is 0 Å². The first-order valence-corrected chi connectivity index (χ1v) is 7.84. The molecule has 1 saturated carbocycles. The van der Waals surface area contributed by atoms with Gasteiger partial charge >= 0.3 is 0 Å². The van der Waals surface area contributed by atoms with Crippen LogP contribution in [0, 0.1) is 23.6 Å². The van der Waals surface area contributed by atoms with Crippen LogP contribution < -0.4 is 5.73 Å². The number of benzene rings is 1. The average molecular weight is 277 g/mol. The van der Waals surface area contributed by atoms with Gasteiger partial charge in [0.15, 0.2) is 0 Å². The molecule has 0 heterocycles. The fourth-order valence-electron chi connectivity index (χ4n) is 3.58. The lowest BCUT2D eigenvalue weighted by atomic mass is 9.65. The van der Waals surface area contributed by atoms with Crippen LogP contribution in [0.1, 0.15) is 52.5 Å². The highest BCUT2D eigenvalue weighted by atomic mass is 19.1. The molecule has 0 spiro atoms. The molecular weight excluding hydrogens is 249 g/mol. The first-order chi connectivity index (χ1) is 9.32. The summed E-state index contributed by atoms with van der Waals surface area (Å²) < 4.78 is 13.1. The molecule has 20 heavy (non-hydrogen) atoms. The maximum atomic E-state index is 13.1. The smallest absolute Gasteiger partial charge is 0.123 e. The molecule has 2 rings (SSSR count). The van der Waals surface area contributed by atoms with Crippen LogP contribution in [-0.2, 0) is 5.41 Å². The highest BCUT2D eigenvalue weighted by Crippen LogP contribution is 2.40. The van der Waals surface area contributed by atoms with Gasteiger partial charge in [0.1, 0.15) is 5.82 Å². The molecule has 1 nitrogen and oxygen atoms in total. The molecule has 0 aliphatic heterocycles. The Hall–Kier alpha value is -0.890. The van der Waals surface area contributed by atoms with E-state index >= 15 is 0 Å². The summed E-state index contributed by atoms with van der Waals surface area (Å²) in [6.45, 7) is 9.06. The molecule has 0 saturated heterocycles. The molecule has 0 radical (unpaired) electrons. The van der Waals surface area contributed by atoms with Crippen LogP contribution in [0.15, 0.2) is 24.3 Å². The molecule has 0 amide bonds. The quantitative estimate of drug-likeness (QED) is 0.864. The third-order valence-electron chi connectivity index (χ3n) is 5.57. The van der Waals surface area contributed by atoms with Crippen molar-refractivity contribution >= 4 is 0 Å². The van der Waals surface area contributed by atoms with E-state index in [0.717, 1.165) is 17.4 Å². The van der Waals surface area contributed by atoms with Crippen molar-refractivity contribution in [1.82, 2.24) is 0 Å². The summed E-state index contributed by atoms with van der Waals surface area (Å²) in [6, 6.07) is 6.96. The fourth-order valence-corrected chi connectivity index (χ4v) is 3.58. The summed E-state index contributed by atoms with van der Waals surface area (Å²) in [4.78, 5) is 0. The zero-order chi connectivity index (χ0) is 14.9. The van der Waals surface area contributed by atoms with Gasteiger partial charge in [-0.05, 0) is 48.3 Å². The number of nitrogens with two attached hydrogens (primary N) is 1. The summed E-state index contributed by atoms with van der Waals surface area (Å²) in [5.41, 5.74) is 7.63. The van der Waals surface area contributed by atoms with Crippen LogP contribution in [0.5, 0.6) is 0 Å². The van der Waals surface area contributed by atoms with Gasteiger partial charge in [-0.1, -0.05) is 46.2 Å². The van der Waals surface area contributed by atoms with E-state index in [1.807, 2.05) is 12.1 Å². The van der Waals surface area contributed by atoms with Gasteiger partial charge in [0.05, 0.1) is 0 Å². The van der Waals surface area contributed by atoms with Crippen LogP contribution in [0.4, 0.5) is 4.39 Å². The standard InChI is InChI=1S/C18H28FN/c1-12-5-6-14(11-13(12)2)17(20)18(3,4)15-7-9-16(19)10-8-15/h7-10,12-14,17H,5-6,11,20H2,1-4H3. The predicted molar refractivity (Wildman–Crippen MR) is 83.1 cm³/mol. The number of hydrogen-bond donors (Lipinski definition) is 1. The lowest BCUT2D eigenvalue weighted by Gasteiger charge is -2.42. The van der Waals surface area contributed by atoms with Crippen LogP contribution in [-0.4, -0.2) is 6.04 Å². The SMILES string of the molecule is CC1CCC(C(N)C(C)(C)c2ccc(F)cc2)CC1C. The fraction of sp³-hybridized carbons (Fsp3) is 0.667. The molecule has 0 aromatic heterocycles. The Morgan fingerprint density at radius 2 is 1.70 bits per heavy atom. The van der Waals surface area contributed by atoms with Gasteiger partial charge in [0.2, 0.25) is 0 Å². The van der Waals surface area contributed by atoms with Crippen LogP contribution >= 0.6 is 0 Å². The third kappa shape index (κ3) is 3.06. The Bertz CT molecular complexity index is 437. The predicted octanol–water partition coefficient (Wildman–Crippen LogP) is 4.50. The molecule has 4 unspecified atom stereocenters. The largest absolute Gasteiger partial charge is 0.327 e. The van der Waals surface area contributed by atoms with Gasteiger partial charge in [-0.2, -0.15) is 0 Å². The summed E-state index contributed by atoms with van der Waals surface area (Å²) in [5, 5.41) is 0. The van der Waals surface area contributed by atoms with Crippen LogP contribution in [0.3, 0.4) is 0 Å². The van der Waals surface area contributed by atoms with Gasteiger partial charge in [-0.25, -0.2) is 4.39 Å². The van der Waals surface area contributed by atoms with Crippen LogP contribution in [0.2, 0.25) is 0 Å². The molecule has 1 aliphatic rings. The molecule has 1 aromatic carbocycles. The molecule has 2 heteroatoms. The Kier molecular flexibility index (Phi) is 4.53. The van der Waals surface area contributed by atoms with E-state index in [2.05, 4.69) is 27.7 Å². The Balaban J connectivity index is 2.14. The molecule has 4 atom stereocenters.